The summed E-state index contributed by atoms with van der Waals surface area (Å²) in [5.41, 5.74) is 2.72. The summed E-state index contributed by atoms with van der Waals surface area (Å²) in [6, 6.07) is 8.54. The van der Waals surface area contributed by atoms with Gasteiger partial charge in [0.1, 0.15) is 0 Å². The SMILES string of the molecule is CCCCN(C)c1ccccc1C. The fourth-order valence-electron chi connectivity index (χ4n) is 1.51. The van der Waals surface area contributed by atoms with Crippen molar-refractivity contribution >= 4 is 5.69 Å². The molecule has 72 valence electrons. The van der Waals surface area contributed by atoms with E-state index in [1.165, 1.54) is 24.1 Å². The predicted octanol–water partition coefficient (Wildman–Crippen LogP) is 3.23. The number of aryl methyl sites for hydroxylation is 1. The van der Waals surface area contributed by atoms with Gasteiger partial charge in [0.25, 0.3) is 0 Å². The topological polar surface area (TPSA) is 3.24 Å². The minimum Gasteiger partial charge on any atom is -0.374 e. The quantitative estimate of drug-likeness (QED) is 0.682. The molecule has 0 bridgehead atoms. The molecule has 0 amide bonds. The third-order valence-electron chi connectivity index (χ3n) is 2.37. The molecule has 0 saturated heterocycles. The molecule has 0 spiro atoms. The molecule has 1 nitrogen and oxygen atoms in total. The molecule has 1 aromatic carbocycles. The summed E-state index contributed by atoms with van der Waals surface area (Å²) in [5.74, 6) is 0. The maximum absolute atomic E-state index is 2.33. The van der Waals surface area contributed by atoms with Crippen LogP contribution in [0.15, 0.2) is 24.3 Å². The van der Waals surface area contributed by atoms with E-state index in [9.17, 15) is 0 Å². The minimum atomic E-state index is 1.15. The second-order valence-electron chi connectivity index (χ2n) is 3.56. The van der Waals surface area contributed by atoms with Crippen molar-refractivity contribution in [1.29, 1.82) is 0 Å². The number of hydrogen-bond acceptors (Lipinski definition) is 1. The molecule has 0 aromatic heterocycles. The number of unbranched alkanes of at least 4 members (excludes halogenated alkanes) is 1. The normalized spacial score (nSPS) is 10.1. The monoisotopic (exact) mass is 177 g/mol. The first-order valence-electron chi connectivity index (χ1n) is 5.02. The number of para-hydroxylation sites is 1. The molecule has 0 unspecified atom stereocenters. The molecule has 1 heteroatoms. The Hall–Kier alpha value is -0.980. The van der Waals surface area contributed by atoms with Gasteiger partial charge in [0.05, 0.1) is 0 Å². The number of hydrogen-bond donors (Lipinski definition) is 0. The summed E-state index contributed by atoms with van der Waals surface area (Å²) in [6.45, 7) is 5.55. The van der Waals surface area contributed by atoms with E-state index < -0.39 is 0 Å². The van der Waals surface area contributed by atoms with Crippen molar-refractivity contribution in [2.75, 3.05) is 18.5 Å². The Morgan fingerprint density at radius 3 is 2.54 bits per heavy atom. The fraction of sp³-hybridized carbons (Fsp3) is 0.500. The average molecular weight is 177 g/mol. The van der Waals surface area contributed by atoms with E-state index in [-0.39, 0.29) is 0 Å². The molecule has 13 heavy (non-hydrogen) atoms. The van der Waals surface area contributed by atoms with Crippen LogP contribution < -0.4 is 4.90 Å². The van der Waals surface area contributed by atoms with Crippen LogP contribution in [-0.4, -0.2) is 13.6 Å². The molecule has 0 atom stereocenters. The van der Waals surface area contributed by atoms with E-state index in [1.54, 1.807) is 0 Å². The Balaban J connectivity index is 2.65. The van der Waals surface area contributed by atoms with Crippen molar-refractivity contribution < 1.29 is 0 Å². The predicted molar refractivity (Wildman–Crippen MR) is 59.4 cm³/mol. The molecule has 1 rings (SSSR count). The zero-order chi connectivity index (χ0) is 9.68. The van der Waals surface area contributed by atoms with Crippen LogP contribution in [0.2, 0.25) is 0 Å². The second kappa shape index (κ2) is 4.90. The summed E-state index contributed by atoms with van der Waals surface area (Å²) in [7, 11) is 2.16. The minimum absolute atomic E-state index is 1.15. The van der Waals surface area contributed by atoms with Crippen LogP contribution >= 0.6 is 0 Å². The Kier molecular flexibility index (Phi) is 3.81. The van der Waals surface area contributed by atoms with E-state index in [1.807, 2.05) is 0 Å². The maximum atomic E-state index is 2.33. The van der Waals surface area contributed by atoms with E-state index in [0.29, 0.717) is 0 Å². The van der Waals surface area contributed by atoms with Crippen molar-refractivity contribution in [1.82, 2.24) is 0 Å². The number of nitrogens with zero attached hydrogens (tertiary/aromatic N) is 1. The number of benzene rings is 1. The Morgan fingerprint density at radius 1 is 1.23 bits per heavy atom. The summed E-state index contributed by atoms with van der Waals surface area (Å²) in [5, 5.41) is 0. The molecule has 0 aliphatic heterocycles. The van der Waals surface area contributed by atoms with Crippen molar-refractivity contribution in [3.63, 3.8) is 0 Å². The summed E-state index contributed by atoms with van der Waals surface area (Å²) < 4.78 is 0. The number of rotatable bonds is 4. The van der Waals surface area contributed by atoms with Gasteiger partial charge in [-0.05, 0) is 25.0 Å². The van der Waals surface area contributed by atoms with Gasteiger partial charge >= 0.3 is 0 Å². The van der Waals surface area contributed by atoms with Gasteiger partial charge in [-0.2, -0.15) is 0 Å². The molecule has 0 aliphatic rings. The van der Waals surface area contributed by atoms with E-state index in [0.717, 1.165) is 6.54 Å². The Morgan fingerprint density at radius 2 is 1.92 bits per heavy atom. The smallest absolute Gasteiger partial charge is 0.0393 e. The Bertz CT molecular complexity index is 255. The van der Waals surface area contributed by atoms with Gasteiger partial charge in [-0.25, -0.2) is 0 Å². The van der Waals surface area contributed by atoms with Gasteiger partial charge in [-0.3, -0.25) is 0 Å². The molecule has 0 fully saturated rings. The lowest BCUT2D eigenvalue weighted by Crippen LogP contribution is -2.18. The zero-order valence-electron chi connectivity index (χ0n) is 8.88. The summed E-state index contributed by atoms with van der Waals surface area (Å²) in [6.07, 6.45) is 2.53. The zero-order valence-corrected chi connectivity index (χ0v) is 8.88. The largest absolute Gasteiger partial charge is 0.374 e. The molecule has 0 aliphatic carbocycles. The van der Waals surface area contributed by atoms with Gasteiger partial charge in [-0.15, -0.1) is 0 Å². The standard InChI is InChI=1S/C12H19N/c1-4-5-10-13(3)12-9-7-6-8-11(12)2/h6-9H,4-5,10H2,1-3H3. The molecule has 0 N–H and O–H groups in total. The van der Waals surface area contributed by atoms with Gasteiger partial charge in [0.15, 0.2) is 0 Å². The van der Waals surface area contributed by atoms with Crippen LogP contribution in [0.3, 0.4) is 0 Å². The van der Waals surface area contributed by atoms with Gasteiger partial charge < -0.3 is 4.90 Å². The van der Waals surface area contributed by atoms with Crippen LogP contribution in [0.5, 0.6) is 0 Å². The third-order valence-corrected chi connectivity index (χ3v) is 2.37. The van der Waals surface area contributed by atoms with Crippen molar-refractivity contribution in [3.05, 3.63) is 29.8 Å². The first-order chi connectivity index (χ1) is 6.25. The molecule has 0 saturated carbocycles. The van der Waals surface area contributed by atoms with Crippen molar-refractivity contribution in [3.8, 4) is 0 Å². The highest BCUT2D eigenvalue weighted by Crippen LogP contribution is 2.17. The lowest BCUT2D eigenvalue weighted by atomic mass is 10.2. The highest BCUT2D eigenvalue weighted by molar-refractivity contribution is 5.52. The third kappa shape index (κ3) is 2.76. The fourth-order valence-corrected chi connectivity index (χ4v) is 1.51. The highest BCUT2D eigenvalue weighted by Gasteiger charge is 2.01. The van der Waals surface area contributed by atoms with Gasteiger partial charge in [0.2, 0.25) is 0 Å². The summed E-state index contributed by atoms with van der Waals surface area (Å²) in [4.78, 5) is 2.33. The molecule has 0 heterocycles. The molecular formula is C12H19N. The van der Waals surface area contributed by atoms with E-state index >= 15 is 0 Å². The first-order valence-corrected chi connectivity index (χ1v) is 5.02. The molecular weight excluding hydrogens is 158 g/mol. The second-order valence-corrected chi connectivity index (χ2v) is 3.56. The van der Waals surface area contributed by atoms with Crippen LogP contribution in [0.1, 0.15) is 25.3 Å². The lowest BCUT2D eigenvalue weighted by molar-refractivity contribution is 0.765. The molecule has 0 radical (unpaired) electrons. The highest BCUT2D eigenvalue weighted by atomic mass is 15.1. The number of anilines is 1. The Labute approximate surface area is 81.4 Å². The van der Waals surface area contributed by atoms with Gasteiger partial charge in [-0.1, -0.05) is 31.5 Å². The first kappa shape index (κ1) is 10.1. The van der Waals surface area contributed by atoms with Gasteiger partial charge in [0, 0.05) is 19.3 Å². The molecule has 1 aromatic rings. The van der Waals surface area contributed by atoms with Crippen molar-refractivity contribution in [2.24, 2.45) is 0 Å². The summed E-state index contributed by atoms with van der Waals surface area (Å²) >= 11 is 0. The lowest BCUT2D eigenvalue weighted by Gasteiger charge is -2.20. The van der Waals surface area contributed by atoms with E-state index in [2.05, 4.69) is 50.1 Å². The van der Waals surface area contributed by atoms with E-state index in [4.69, 9.17) is 0 Å². The maximum Gasteiger partial charge on any atom is 0.0393 e. The van der Waals surface area contributed by atoms with Crippen LogP contribution in [0, 0.1) is 6.92 Å². The van der Waals surface area contributed by atoms with Crippen LogP contribution in [0.25, 0.3) is 0 Å². The van der Waals surface area contributed by atoms with Crippen LogP contribution in [-0.2, 0) is 0 Å². The van der Waals surface area contributed by atoms with Crippen LogP contribution in [0.4, 0.5) is 5.69 Å². The van der Waals surface area contributed by atoms with Crippen molar-refractivity contribution in [2.45, 2.75) is 26.7 Å². The average Bonchev–Trinajstić information content (AvgIpc) is 2.15.